The van der Waals surface area contributed by atoms with Crippen LogP contribution in [0.15, 0.2) is 0 Å². The number of fused-ring (bicyclic) bond motifs is 1. The average Bonchev–Trinajstić information content (AvgIpc) is 2.29. The van der Waals surface area contributed by atoms with Gasteiger partial charge in [0.1, 0.15) is 18.2 Å². The predicted molar refractivity (Wildman–Crippen MR) is 64.1 cm³/mol. The summed E-state index contributed by atoms with van der Waals surface area (Å²) in [5.41, 5.74) is -0.483. The van der Waals surface area contributed by atoms with E-state index >= 15 is 0 Å². The van der Waals surface area contributed by atoms with E-state index in [2.05, 4.69) is 0 Å². The van der Waals surface area contributed by atoms with Gasteiger partial charge in [0.2, 0.25) is 5.75 Å². The number of rotatable bonds is 2. The number of carbonyl (C=O) groups is 1. The van der Waals surface area contributed by atoms with Gasteiger partial charge < -0.3 is 9.47 Å². The van der Waals surface area contributed by atoms with Crippen molar-refractivity contribution in [3.8, 4) is 11.5 Å². The molecule has 18 heavy (non-hydrogen) atoms. The van der Waals surface area contributed by atoms with Gasteiger partial charge in [-0.25, -0.2) is 0 Å². The summed E-state index contributed by atoms with van der Waals surface area (Å²) < 4.78 is 10.4. The van der Waals surface area contributed by atoms with Gasteiger partial charge in [0.05, 0.1) is 15.5 Å². The highest BCUT2D eigenvalue weighted by atomic mass is 35.5. The zero-order valence-electron chi connectivity index (χ0n) is 9.16. The van der Waals surface area contributed by atoms with Crippen molar-refractivity contribution in [3.63, 3.8) is 0 Å². The van der Waals surface area contributed by atoms with Crippen LogP contribution >= 0.6 is 23.2 Å². The van der Waals surface area contributed by atoms with E-state index in [1.165, 1.54) is 6.92 Å². The molecule has 6 nitrogen and oxygen atoms in total. The Hall–Kier alpha value is -1.53. The first kappa shape index (κ1) is 12.9. The summed E-state index contributed by atoms with van der Waals surface area (Å²) in [5.74, 6) is -0.570. The van der Waals surface area contributed by atoms with Crippen LogP contribution in [-0.4, -0.2) is 23.9 Å². The molecule has 1 heterocycles. The van der Waals surface area contributed by atoms with Gasteiger partial charge in [-0.15, -0.1) is 0 Å². The molecule has 0 atom stereocenters. The van der Waals surface area contributed by atoms with E-state index in [9.17, 15) is 14.9 Å². The van der Waals surface area contributed by atoms with E-state index in [0.717, 1.165) is 0 Å². The maximum atomic E-state index is 11.5. The van der Waals surface area contributed by atoms with Crippen LogP contribution in [0.4, 0.5) is 5.69 Å². The minimum Gasteiger partial charge on any atom is -0.485 e. The number of hydrogen-bond acceptors (Lipinski definition) is 5. The third kappa shape index (κ3) is 1.87. The second-order valence-corrected chi connectivity index (χ2v) is 4.28. The van der Waals surface area contributed by atoms with Crippen LogP contribution in [0.25, 0.3) is 0 Å². The lowest BCUT2D eigenvalue weighted by atomic mass is 10.1. The van der Waals surface area contributed by atoms with Gasteiger partial charge >= 0.3 is 5.69 Å². The Morgan fingerprint density at radius 3 is 2.28 bits per heavy atom. The summed E-state index contributed by atoms with van der Waals surface area (Å²) in [4.78, 5) is 21.8. The van der Waals surface area contributed by atoms with Crippen LogP contribution in [0.2, 0.25) is 10.0 Å². The van der Waals surface area contributed by atoms with Crippen LogP contribution in [0, 0.1) is 10.1 Å². The molecule has 0 aromatic heterocycles. The largest absolute Gasteiger partial charge is 0.485 e. The fourth-order valence-electron chi connectivity index (χ4n) is 1.67. The van der Waals surface area contributed by atoms with Crippen LogP contribution in [0.1, 0.15) is 17.3 Å². The molecule has 0 saturated carbocycles. The molecule has 1 aromatic carbocycles. The van der Waals surface area contributed by atoms with Crippen molar-refractivity contribution >= 4 is 34.7 Å². The van der Waals surface area contributed by atoms with Crippen LogP contribution in [0.5, 0.6) is 11.5 Å². The highest BCUT2D eigenvalue weighted by Gasteiger charge is 2.35. The Bertz CT molecular complexity index is 509. The van der Waals surface area contributed by atoms with Crippen molar-refractivity contribution < 1.29 is 19.2 Å². The first-order valence-corrected chi connectivity index (χ1v) is 5.66. The normalized spacial score (nSPS) is 13.3. The van der Waals surface area contributed by atoms with Crippen LogP contribution in [0.3, 0.4) is 0 Å². The lowest BCUT2D eigenvalue weighted by Crippen LogP contribution is -2.19. The summed E-state index contributed by atoms with van der Waals surface area (Å²) in [6, 6.07) is 0. The Morgan fingerprint density at radius 2 is 1.78 bits per heavy atom. The van der Waals surface area contributed by atoms with Gasteiger partial charge in [-0.2, -0.15) is 0 Å². The van der Waals surface area contributed by atoms with E-state index in [-0.39, 0.29) is 40.3 Å². The van der Waals surface area contributed by atoms with E-state index < -0.39 is 16.4 Å². The highest BCUT2D eigenvalue weighted by molar-refractivity contribution is 6.45. The van der Waals surface area contributed by atoms with Crippen LogP contribution in [-0.2, 0) is 0 Å². The quantitative estimate of drug-likeness (QED) is 0.475. The second kappa shape index (κ2) is 4.62. The van der Waals surface area contributed by atoms with E-state index in [0.29, 0.717) is 0 Å². The molecule has 0 amide bonds. The van der Waals surface area contributed by atoms with Crippen molar-refractivity contribution in [1.82, 2.24) is 0 Å². The first-order chi connectivity index (χ1) is 8.45. The predicted octanol–water partition coefficient (Wildman–Crippen LogP) is 2.88. The number of carbonyl (C=O) groups excluding carboxylic acids is 1. The van der Waals surface area contributed by atoms with Crippen molar-refractivity contribution in [2.24, 2.45) is 0 Å². The molecule has 0 unspecified atom stereocenters. The molecular formula is C10H7Cl2NO5. The number of hydrogen-bond donors (Lipinski definition) is 0. The van der Waals surface area contributed by atoms with Gasteiger partial charge in [-0.1, -0.05) is 23.2 Å². The minimum absolute atomic E-state index is 0.00182. The Morgan fingerprint density at radius 1 is 1.22 bits per heavy atom. The number of nitro benzene ring substituents is 1. The molecule has 0 spiro atoms. The number of ketones is 1. The van der Waals surface area contributed by atoms with Crippen LogP contribution < -0.4 is 9.47 Å². The maximum Gasteiger partial charge on any atom is 0.334 e. The molecule has 0 aliphatic carbocycles. The van der Waals surface area contributed by atoms with Gasteiger partial charge in [-0.3, -0.25) is 14.9 Å². The molecule has 1 aliphatic rings. The lowest BCUT2D eigenvalue weighted by Gasteiger charge is -2.21. The third-order valence-electron chi connectivity index (χ3n) is 2.38. The number of ether oxygens (including phenoxy) is 2. The minimum atomic E-state index is -0.717. The molecule has 8 heteroatoms. The maximum absolute atomic E-state index is 11.5. The highest BCUT2D eigenvalue weighted by Crippen LogP contribution is 2.50. The van der Waals surface area contributed by atoms with Crippen molar-refractivity contribution in [1.29, 1.82) is 0 Å². The Balaban J connectivity index is 2.85. The molecule has 0 N–H and O–H groups in total. The van der Waals surface area contributed by atoms with Gasteiger partial charge in [-0.05, 0) is 6.92 Å². The van der Waals surface area contributed by atoms with E-state index in [1.807, 2.05) is 0 Å². The Kier molecular flexibility index (Phi) is 3.32. The third-order valence-corrected chi connectivity index (χ3v) is 3.22. The topological polar surface area (TPSA) is 78.7 Å². The second-order valence-electron chi connectivity index (χ2n) is 3.52. The smallest absolute Gasteiger partial charge is 0.334 e. The molecule has 0 saturated heterocycles. The monoisotopic (exact) mass is 291 g/mol. The molecule has 96 valence electrons. The summed E-state index contributed by atoms with van der Waals surface area (Å²) in [5, 5.41) is 10.5. The fourth-order valence-corrected chi connectivity index (χ4v) is 2.23. The SMILES string of the molecule is CC(=O)c1c(Cl)c(Cl)c([N+](=O)[O-])c2c1OCCO2. The molecule has 0 bridgehead atoms. The molecule has 0 radical (unpaired) electrons. The van der Waals surface area contributed by atoms with Gasteiger partial charge in [0.25, 0.3) is 0 Å². The summed E-state index contributed by atoms with van der Waals surface area (Å²) in [6.07, 6.45) is 0. The molecule has 1 aliphatic heterocycles. The molecule has 0 fully saturated rings. The van der Waals surface area contributed by atoms with Gasteiger partial charge in [0.15, 0.2) is 11.5 Å². The Labute approximate surface area is 112 Å². The van der Waals surface area contributed by atoms with E-state index in [1.54, 1.807) is 0 Å². The lowest BCUT2D eigenvalue weighted by molar-refractivity contribution is -0.386. The standard InChI is InChI=1S/C10H7Cl2NO5/c1-4(14)5-6(11)7(12)8(13(15)16)10-9(5)17-2-3-18-10/h2-3H2,1H3. The molecule has 2 rings (SSSR count). The summed E-state index contributed by atoms with van der Waals surface area (Å²) in [7, 11) is 0. The molecule has 1 aromatic rings. The van der Waals surface area contributed by atoms with Crippen molar-refractivity contribution in [2.75, 3.05) is 13.2 Å². The number of benzene rings is 1. The molecular weight excluding hydrogens is 285 g/mol. The number of nitrogens with zero attached hydrogens (tertiary/aromatic N) is 1. The van der Waals surface area contributed by atoms with Gasteiger partial charge in [0, 0.05) is 0 Å². The average molecular weight is 292 g/mol. The summed E-state index contributed by atoms with van der Waals surface area (Å²) >= 11 is 11.7. The van der Waals surface area contributed by atoms with Crippen molar-refractivity contribution in [2.45, 2.75) is 6.92 Å². The number of halogens is 2. The van der Waals surface area contributed by atoms with E-state index in [4.69, 9.17) is 32.7 Å². The number of Topliss-reactive ketones (excluding diaryl/α,β-unsaturated/α-hetero) is 1. The zero-order valence-corrected chi connectivity index (χ0v) is 10.7. The van der Waals surface area contributed by atoms with Crippen molar-refractivity contribution in [3.05, 3.63) is 25.7 Å². The summed E-state index contributed by atoms with van der Waals surface area (Å²) in [6.45, 7) is 1.59. The number of nitro groups is 1. The first-order valence-electron chi connectivity index (χ1n) is 4.91. The fraction of sp³-hybridized carbons (Fsp3) is 0.300. The zero-order chi connectivity index (χ0) is 13.4.